The zero-order valence-electron chi connectivity index (χ0n) is 11.5. The maximum Gasteiger partial charge on any atom is 0.250 e. The number of aromatic nitrogens is 1. The second-order valence-electron chi connectivity index (χ2n) is 4.30. The average molecular weight is 387 g/mol. The lowest BCUT2D eigenvalue weighted by molar-refractivity contribution is -0.115. The molecule has 8 heteroatoms. The summed E-state index contributed by atoms with van der Waals surface area (Å²) in [6, 6.07) is 8.29. The molecule has 1 aromatic heterocycles. The molecule has 2 N–H and O–H groups in total. The van der Waals surface area contributed by atoms with Crippen LogP contribution in [0.5, 0.6) is 0 Å². The van der Waals surface area contributed by atoms with Gasteiger partial charge in [0, 0.05) is 22.3 Å². The van der Waals surface area contributed by atoms with Crippen molar-refractivity contribution in [3.8, 4) is 0 Å². The Balaban J connectivity index is 1.92. The van der Waals surface area contributed by atoms with Crippen molar-refractivity contribution in [2.75, 3.05) is 5.32 Å². The van der Waals surface area contributed by atoms with E-state index >= 15 is 0 Å². The van der Waals surface area contributed by atoms with Crippen molar-refractivity contribution in [1.82, 2.24) is 10.3 Å². The fraction of sp³-hybridized carbons (Fsp3) is 0. The van der Waals surface area contributed by atoms with Crippen LogP contribution >= 0.6 is 47.0 Å². The summed E-state index contributed by atoms with van der Waals surface area (Å²) in [7, 11) is 0. The number of hydrogen-bond acceptors (Lipinski definition) is 3. The molecule has 0 fully saturated rings. The average Bonchev–Trinajstić information content (AvgIpc) is 2.48. The lowest BCUT2D eigenvalue weighted by Crippen LogP contribution is -2.33. The Kier molecular flexibility index (Phi) is 6.36. The van der Waals surface area contributed by atoms with E-state index in [2.05, 4.69) is 15.6 Å². The second kappa shape index (κ2) is 8.26. The maximum absolute atomic E-state index is 11.8. The van der Waals surface area contributed by atoms with Crippen LogP contribution in [0, 0.1) is 0 Å². The van der Waals surface area contributed by atoms with Gasteiger partial charge in [0.25, 0.3) is 0 Å². The molecule has 0 aliphatic carbocycles. The Morgan fingerprint density at radius 1 is 1.13 bits per heavy atom. The third-order valence-electron chi connectivity index (χ3n) is 2.58. The van der Waals surface area contributed by atoms with Crippen LogP contribution in [0.3, 0.4) is 0 Å². The molecule has 1 heterocycles. The first kappa shape index (κ1) is 17.7. The second-order valence-corrected chi connectivity index (χ2v) is 5.99. The van der Waals surface area contributed by atoms with Gasteiger partial charge in [-0.05, 0) is 48.1 Å². The summed E-state index contributed by atoms with van der Waals surface area (Å²) in [5.41, 5.74) is 0.671. The number of hydrogen-bond donors (Lipinski definition) is 2. The number of benzene rings is 1. The number of pyridine rings is 1. The van der Waals surface area contributed by atoms with E-state index in [0.717, 1.165) is 0 Å². The van der Waals surface area contributed by atoms with Gasteiger partial charge in [-0.25, -0.2) is 4.98 Å². The molecule has 0 atom stereocenters. The quantitative estimate of drug-likeness (QED) is 0.599. The van der Waals surface area contributed by atoms with Crippen molar-refractivity contribution in [2.45, 2.75) is 0 Å². The van der Waals surface area contributed by atoms with E-state index < -0.39 is 5.91 Å². The van der Waals surface area contributed by atoms with Gasteiger partial charge in [0.2, 0.25) is 5.91 Å². The molecule has 0 bridgehead atoms. The van der Waals surface area contributed by atoms with E-state index in [9.17, 15) is 4.79 Å². The highest BCUT2D eigenvalue weighted by Crippen LogP contribution is 2.21. The molecule has 1 aromatic carbocycles. The van der Waals surface area contributed by atoms with E-state index in [1.54, 1.807) is 36.4 Å². The number of nitrogens with zero attached hydrogens (tertiary/aromatic N) is 1. The van der Waals surface area contributed by atoms with E-state index in [4.69, 9.17) is 47.0 Å². The lowest BCUT2D eigenvalue weighted by Gasteiger charge is -2.07. The minimum absolute atomic E-state index is 0.122. The number of carbonyl (C=O) groups excluding carboxylic acids is 1. The highest BCUT2D eigenvalue weighted by molar-refractivity contribution is 7.80. The van der Waals surface area contributed by atoms with Crippen LogP contribution in [0.15, 0.2) is 42.6 Å². The van der Waals surface area contributed by atoms with Crippen LogP contribution in [-0.2, 0) is 4.79 Å². The van der Waals surface area contributed by atoms with E-state index in [1.807, 2.05) is 0 Å². The number of rotatable bonds is 3. The number of amides is 1. The first-order chi connectivity index (χ1) is 10.9. The molecular formula is C15H10Cl3N3OS. The molecule has 2 aromatic rings. The summed E-state index contributed by atoms with van der Waals surface area (Å²) in [6.07, 6.45) is 4.35. The van der Waals surface area contributed by atoms with Gasteiger partial charge in [-0.2, -0.15) is 0 Å². The molecule has 0 radical (unpaired) electrons. The smallest absolute Gasteiger partial charge is 0.250 e. The van der Waals surface area contributed by atoms with Gasteiger partial charge in [-0.1, -0.05) is 40.9 Å². The molecule has 0 saturated carbocycles. The summed E-state index contributed by atoms with van der Waals surface area (Å²) >= 11 is 22.6. The van der Waals surface area contributed by atoms with Gasteiger partial charge in [-0.3, -0.25) is 10.1 Å². The molecule has 0 spiro atoms. The zero-order valence-corrected chi connectivity index (χ0v) is 14.6. The Hall–Kier alpha value is -1.66. The molecule has 1 amide bonds. The van der Waals surface area contributed by atoms with Crippen LogP contribution in [0.1, 0.15) is 5.56 Å². The number of anilines is 1. The largest absolute Gasteiger partial charge is 0.317 e. The SMILES string of the molecule is O=C(/C=C/c1ccc(Cl)cc1Cl)NC(=S)Nc1ccc(Cl)cn1. The van der Waals surface area contributed by atoms with E-state index in [-0.39, 0.29) is 5.11 Å². The number of carbonyl (C=O) groups is 1. The third kappa shape index (κ3) is 5.80. The Morgan fingerprint density at radius 3 is 2.52 bits per heavy atom. The first-order valence-corrected chi connectivity index (χ1v) is 7.85. The predicted molar refractivity (Wildman–Crippen MR) is 99.1 cm³/mol. The summed E-state index contributed by atoms with van der Waals surface area (Å²) in [6.45, 7) is 0. The number of nitrogens with one attached hydrogen (secondary N) is 2. The summed E-state index contributed by atoms with van der Waals surface area (Å²) < 4.78 is 0. The molecule has 4 nitrogen and oxygen atoms in total. The topological polar surface area (TPSA) is 54.0 Å². The highest BCUT2D eigenvalue weighted by atomic mass is 35.5. The standard InChI is InChI=1S/C15H10Cl3N3OS/c16-10-3-1-9(12(18)7-10)2-6-14(22)21-15(23)20-13-5-4-11(17)8-19-13/h1-8H,(H2,19,20,21,22,23)/b6-2+. The highest BCUT2D eigenvalue weighted by Gasteiger charge is 2.03. The molecule has 0 saturated heterocycles. The van der Waals surface area contributed by atoms with Gasteiger partial charge in [-0.15, -0.1) is 0 Å². The van der Waals surface area contributed by atoms with E-state index in [1.165, 1.54) is 12.3 Å². The van der Waals surface area contributed by atoms with Gasteiger partial charge in [0.05, 0.1) is 5.02 Å². The van der Waals surface area contributed by atoms with Gasteiger partial charge in [0.15, 0.2) is 5.11 Å². The molecule has 0 unspecified atom stereocenters. The van der Waals surface area contributed by atoms with Crippen LogP contribution in [0.4, 0.5) is 5.82 Å². The van der Waals surface area contributed by atoms with Crippen molar-refractivity contribution < 1.29 is 4.79 Å². The Bertz CT molecular complexity index is 763. The summed E-state index contributed by atoms with van der Waals surface area (Å²) in [5, 5.41) is 6.87. The predicted octanol–water partition coefficient (Wildman–Crippen LogP) is 4.57. The van der Waals surface area contributed by atoms with Gasteiger partial charge < -0.3 is 5.32 Å². The van der Waals surface area contributed by atoms with Crippen LogP contribution < -0.4 is 10.6 Å². The minimum Gasteiger partial charge on any atom is -0.317 e. The fourth-order valence-corrected chi connectivity index (χ4v) is 2.34. The molecule has 0 aliphatic rings. The van der Waals surface area contributed by atoms with Crippen molar-refractivity contribution >= 4 is 69.9 Å². The summed E-state index contributed by atoms with van der Waals surface area (Å²) in [4.78, 5) is 15.8. The van der Waals surface area contributed by atoms with Crippen molar-refractivity contribution in [2.24, 2.45) is 0 Å². The van der Waals surface area contributed by atoms with Crippen LogP contribution in [0.25, 0.3) is 6.08 Å². The summed E-state index contributed by atoms with van der Waals surface area (Å²) in [5.74, 6) is 0.0758. The van der Waals surface area contributed by atoms with Crippen LogP contribution in [-0.4, -0.2) is 16.0 Å². The van der Waals surface area contributed by atoms with Crippen molar-refractivity contribution in [3.63, 3.8) is 0 Å². The van der Waals surface area contributed by atoms with Crippen LogP contribution in [0.2, 0.25) is 15.1 Å². The monoisotopic (exact) mass is 385 g/mol. The van der Waals surface area contributed by atoms with Gasteiger partial charge >= 0.3 is 0 Å². The zero-order chi connectivity index (χ0) is 16.8. The van der Waals surface area contributed by atoms with Crippen molar-refractivity contribution in [3.05, 3.63) is 63.2 Å². The first-order valence-electron chi connectivity index (χ1n) is 6.31. The van der Waals surface area contributed by atoms with E-state index in [0.29, 0.717) is 26.4 Å². The van der Waals surface area contributed by atoms with Crippen molar-refractivity contribution in [1.29, 1.82) is 0 Å². The number of thiocarbonyl (C=S) groups is 1. The molecule has 23 heavy (non-hydrogen) atoms. The van der Waals surface area contributed by atoms with Gasteiger partial charge in [0.1, 0.15) is 5.82 Å². The minimum atomic E-state index is -0.400. The maximum atomic E-state index is 11.8. The molecular weight excluding hydrogens is 377 g/mol. The Labute approximate surface area is 153 Å². The number of halogens is 3. The molecule has 0 aliphatic heterocycles. The Morgan fingerprint density at radius 2 is 1.87 bits per heavy atom. The molecule has 118 valence electrons. The molecule has 2 rings (SSSR count). The normalized spacial score (nSPS) is 10.6. The lowest BCUT2D eigenvalue weighted by atomic mass is 10.2. The fourth-order valence-electron chi connectivity index (χ4n) is 1.55. The third-order valence-corrected chi connectivity index (χ3v) is 3.57.